The van der Waals surface area contributed by atoms with E-state index in [-0.39, 0.29) is 12.5 Å². The van der Waals surface area contributed by atoms with E-state index in [9.17, 15) is 9.90 Å². The Hall–Kier alpha value is -2.34. The first kappa shape index (κ1) is 17.5. The van der Waals surface area contributed by atoms with Crippen LogP contribution in [0.1, 0.15) is 48.7 Å². The third-order valence-corrected chi connectivity index (χ3v) is 4.59. The summed E-state index contributed by atoms with van der Waals surface area (Å²) in [4.78, 5) is 19.0. The highest BCUT2D eigenvalue weighted by molar-refractivity contribution is 5.94. The second-order valence-electron chi connectivity index (χ2n) is 6.74. The SMILES string of the molecule is CC(O)(CNC(=O)c1ccc(N2CCCCCC2)nc1)c1ccco1. The fraction of sp³-hybridized carbons (Fsp3) is 0.474. The van der Waals surface area contributed by atoms with Crippen LogP contribution in [0.4, 0.5) is 5.82 Å². The molecule has 1 fully saturated rings. The van der Waals surface area contributed by atoms with Gasteiger partial charge in [0.25, 0.3) is 5.91 Å². The number of hydrogen-bond donors (Lipinski definition) is 2. The minimum atomic E-state index is -1.25. The van der Waals surface area contributed by atoms with Gasteiger partial charge in [0.15, 0.2) is 0 Å². The van der Waals surface area contributed by atoms with Gasteiger partial charge in [0, 0.05) is 19.3 Å². The number of hydrogen-bond acceptors (Lipinski definition) is 5. The lowest BCUT2D eigenvalue weighted by Gasteiger charge is -2.22. The minimum Gasteiger partial charge on any atom is -0.466 e. The van der Waals surface area contributed by atoms with Gasteiger partial charge in [-0.1, -0.05) is 12.8 Å². The van der Waals surface area contributed by atoms with Crippen molar-refractivity contribution >= 4 is 11.7 Å². The molecule has 2 N–H and O–H groups in total. The van der Waals surface area contributed by atoms with Gasteiger partial charge in [0.2, 0.25) is 0 Å². The standard InChI is InChI=1S/C19H25N3O3/c1-19(24,16-7-6-12-25-16)14-21-18(23)15-8-9-17(20-13-15)22-10-4-2-3-5-11-22/h6-9,12-13,24H,2-5,10-11,14H2,1H3,(H,21,23). The number of anilines is 1. The molecule has 2 aromatic heterocycles. The highest BCUT2D eigenvalue weighted by Crippen LogP contribution is 2.20. The van der Waals surface area contributed by atoms with Crippen LogP contribution in [0.5, 0.6) is 0 Å². The zero-order valence-corrected chi connectivity index (χ0v) is 14.6. The van der Waals surface area contributed by atoms with Gasteiger partial charge in [-0.05, 0) is 44.0 Å². The van der Waals surface area contributed by atoms with Gasteiger partial charge >= 0.3 is 0 Å². The Kier molecular flexibility index (Phi) is 5.38. The van der Waals surface area contributed by atoms with E-state index >= 15 is 0 Å². The number of pyridine rings is 1. The summed E-state index contributed by atoms with van der Waals surface area (Å²) in [6.07, 6.45) is 8.00. The Morgan fingerprint density at radius 1 is 1.28 bits per heavy atom. The lowest BCUT2D eigenvalue weighted by atomic mass is 10.0. The number of nitrogens with one attached hydrogen (secondary N) is 1. The molecule has 1 aliphatic rings. The molecule has 3 heterocycles. The normalized spacial score (nSPS) is 17.6. The van der Waals surface area contributed by atoms with Gasteiger partial charge in [0.05, 0.1) is 18.4 Å². The molecule has 1 unspecified atom stereocenters. The summed E-state index contributed by atoms with van der Waals surface area (Å²) in [7, 11) is 0. The van der Waals surface area contributed by atoms with Crippen molar-refractivity contribution in [3.05, 3.63) is 48.0 Å². The van der Waals surface area contributed by atoms with Crippen LogP contribution < -0.4 is 10.2 Å². The Morgan fingerprint density at radius 3 is 2.64 bits per heavy atom. The summed E-state index contributed by atoms with van der Waals surface area (Å²) in [5.74, 6) is 1.07. The molecule has 0 radical (unpaired) electrons. The molecule has 0 bridgehead atoms. The Morgan fingerprint density at radius 2 is 2.04 bits per heavy atom. The Balaban J connectivity index is 1.59. The average molecular weight is 343 g/mol. The lowest BCUT2D eigenvalue weighted by molar-refractivity contribution is 0.0330. The van der Waals surface area contributed by atoms with Crippen molar-refractivity contribution in [2.75, 3.05) is 24.5 Å². The molecule has 3 rings (SSSR count). The van der Waals surface area contributed by atoms with Crippen molar-refractivity contribution in [1.29, 1.82) is 0 Å². The molecule has 0 aromatic carbocycles. The summed E-state index contributed by atoms with van der Waals surface area (Å²) >= 11 is 0. The van der Waals surface area contributed by atoms with E-state index in [1.165, 1.54) is 31.9 Å². The highest BCUT2D eigenvalue weighted by Gasteiger charge is 2.27. The van der Waals surface area contributed by atoms with E-state index in [1.807, 2.05) is 6.07 Å². The van der Waals surface area contributed by atoms with Gasteiger partial charge in [-0.3, -0.25) is 4.79 Å². The molecule has 0 aliphatic carbocycles. The predicted molar refractivity (Wildman–Crippen MR) is 95.5 cm³/mol. The van der Waals surface area contributed by atoms with Crippen LogP contribution in [0.2, 0.25) is 0 Å². The van der Waals surface area contributed by atoms with E-state index in [0.717, 1.165) is 18.9 Å². The quantitative estimate of drug-likeness (QED) is 0.873. The zero-order chi connectivity index (χ0) is 17.7. The maximum atomic E-state index is 12.3. The van der Waals surface area contributed by atoms with E-state index in [0.29, 0.717) is 11.3 Å². The van der Waals surface area contributed by atoms with Crippen LogP contribution in [-0.4, -0.2) is 35.6 Å². The average Bonchev–Trinajstić information content (AvgIpc) is 3.04. The number of rotatable bonds is 5. The van der Waals surface area contributed by atoms with Gasteiger partial charge in [0.1, 0.15) is 17.2 Å². The summed E-state index contributed by atoms with van der Waals surface area (Å²) in [6.45, 7) is 3.70. The fourth-order valence-corrected chi connectivity index (χ4v) is 3.03. The summed E-state index contributed by atoms with van der Waals surface area (Å²) in [6, 6.07) is 7.07. The molecule has 1 saturated heterocycles. The van der Waals surface area contributed by atoms with Crippen LogP contribution in [0.15, 0.2) is 41.1 Å². The van der Waals surface area contributed by atoms with Crippen LogP contribution in [-0.2, 0) is 5.60 Å². The van der Waals surface area contributed by atoms with E-state index in [4.69, 9.17) is 4.42 Å². The minimum absolute atomic E-state index is 0.0627. The van der Waals surface area contributed by atoms with Gasteiger partial charge < -0.3 is 19.7 Å². The summed E-state index contributed by atoms with van der Waals surface area (Å²) in [5, 5.41) is 13.1. The van der Waals surface area contributed by atoms with Crippen molar-refractivity contribution in [1.82, 2.24) is 10.3 Å². The van der Waals surface area contributed by atoms with Crippen molar-refractivity contribution < 1.29 is 14.3 Å². The van der Waals surface area contributed by atoms with Crippen molar-refractivity contribution in [2.24, 2.45) is 0 Å². The molecule has 1 atom stereocenters. The molecular weight excluding hydrogens is 318 g/mol. The third kappa shape index (κ3) is 4.39. The number of furan rings is 1. The Labute approximate surface area is 147 Å². The summed E-state index contributed by atoms with van der Waals surface area (Å²) in [5.41, 5.74) is -0.771. The van der Waals surface area contributed by atoms with E-state index in [1.54, 1.807) is 31.3 Å². The maximum Gasteiger partial charge on any atom is 0.252 e. The van der Waals surface area contributed by atoms with Crippen LogP contribution in [0.25, 0.3) is 0 Å². The number of amides is 1. The lowest BCUT2D eigenvalue weighted by Crippen LogP contribution is -2.38. The fourth-order valence-electron chi connectivity index (χ4n) is 3.03. The van der Waals surface area contributed by atoms with Crippen LogP contribution in [0, 0.1) is 0 Å². The second-order valence-corrected chi connectivity index (χ2v) is 6.74. The first-order chi connectivity index (χ1) is 12.1. The largest absolute Gasteiger partial charge is 0.466 e. The molecule has 134 valence electrons. The number of aromatic nitrogens is 1. The van der Waals surface area contributed by atoms with Crippen LogP contribution >= 0.6 is 0 Å². The Bertz CT molecular complexity index is 672. The molecule has 0 saturated carbocycles. The molecule has 25 heavy (non-hydrogen) atoms. The van der Waals surface area contributed by atoms with Crippen molar-refractivity contribution in [3.63, 3.8) is 0 Å². The molecule has 1 amide bonds. The maximum absolute atomic E-state index is 12.3. The molecular formula is C19H25N3O3. The smallest absolute Gasteiger partial charge is 0.252 e. The number of carbonyl (C=O) groups is 1. The van der Waals surface area contributed by atoms with Crippen LogP contribution in [0.3, 0.4) is 0 Å². The first-order valence-electron chi connectivity index (χ1n) is 8.82. The van der Waals surface area contributed by atoms with Crippen molar-refractivity contribution in [2.45, 2.75) is 38.2 Å². The molecule has 0 spiro atoms. The second kappa shape index (κ2) is 7.70. The van der Waals surface area contributed by atoms with E-state index < -0.39 is 5.60 Å². The monoisotopic (exact) mass is 343 g/mol. The third-order valence-electron chi connectivity index (χ3n) is 4.59. The van der Waals surface area contributed by atoms with Gasteiger partial charge in [-0.25, -0.2) is 4.98 Å². The first-order valence-corrected chi connectivity index (χ1v) is 8.82. The zero-order valence-electron chi connectivity index (χ0n) is 14.6. The van der Waals surface area contributed by atoms with Gasteiger partial charge in [-0.15, -0.1) is 0 Å². The molecule has 6 heteroatoms. The van der Waals surface area contributed by atoms with Crippen molar-refractivity contribution in [3.8, 4) is 0 Å². The molecule has 1 aliphatic heterocycles. The van der Waals surface area contributed by atoms with Gasteiger partial charge in [-0.2, -0.15) is 0 Å². The topological polar surface area (TPSA) is 78.6 Å². The number of nitrogens with zero attached hydrogens (tertiary/aromatic N) is 2. The highest BCUT2D eigenvalue weighted by atomic mass is 16.4. The summed E-state index contributed by atoms with van der Waals surface area (Å²) < 4.78 is 5.21. The molecule has 2 aromatic rings. The number of aliphatic hydroxyl groups is 1. The predicted octanol–water partition coefficient (Wildman–Crippen LogP) is 2.69. The molecule has 6 nitrogen and oxygen atoms in total. The number of carbonyl (C=O) groups excluding carboxylic acids is 1. The van der Waals surface area contributed by atoms with E-state index in [2.05, 4.69) is 15.2 Å².